The zero-order valence-electron chi connectivity index (χ0n) is 11.4. The number of carbonyl (C=O) groups is 3. The van der Waals surface area contributed by atoms with Gasteiger partial charge in [0.1, 0.15) is 0 Å². The summed E-state index contributed by atoms with van der Waals surface area (Å²) in [5.41, 5.74) is -1.99. The van der Waals surface area contributed by atoms with Crippen molar-refractivity contribution in [2.45, 2.75) is 12.5 Å². The molecule has 106 valence electrons. The smallest absolute Gasteiger partial charge is 0.335 e. The van der Waals surface area contributed by atoms with Crippen molar-refractivity contribution in [3.63, 3.8) is 0 Å². The van der Waals surface area contributed by atoms with Crippen LogP contribution in [0, 0.1) is 11.3 Å². The Kier molecular flexibility index (Phi) is 2.47. The second kappa shape index (κ2) is 3.79. The molecule has 6 heteroatoms. The van der Waals surface area contributed by atoms with Crippen molar-refractivity contribution in [2.24, 2.45) is 11.3 Å². The van der Waals surface area contributed by atoms with Crippen LogP contribution in [0.4, 0.5) is 0 Å². The summed E-state index contributed by atoms with van der Waals surface area (Å²) < 4.78 is 14.8. The van der Waals surface area contributed by atoms with Crippen LogP contribution in [0.3, 0.4) is 0 Å². The zero-order chi connectivity index (χ0) is 14.7. The van der Waals surface area contributed by atoms with Crippen LogP contribution in [-0.2, 0) is 28.6 Å². The zero-order valence-corrected chi connectivity index (χ0v) is 11.4. The number of allylic oxidation sites excluding steroid dienone is 1. The third-order valence-corrected chi connectivity index (χ3v) is 4.33. The Morgan fingerprint density at radius 2 is 1.90 bits per heavy atom. The van der Waals surface area contributed by atoms with Crippen LogP contribution in [-0.4, -0.2) is 44.1 Å². The summed E-state index contributed by atoms with van der Waals surface area (Å²) in [7, 11) is 2.45. The van der Waals surface area contributed by atoms with Crippen LogP contribution < -0.4 is 0 Å². The summed E-state index contributed by atoms with van der Waals surface area (Å²) in [5, 5.41) is 0. The third kappa shape index (κ3) is 1.29. The maximum absolute atomic E-state index is 12.6. The lowest BCUT2D eigenvalue weighted by Gasteiger charge is -2.43. The number of methoxy groups -OCH3 is 2. The highest BCUT2D eigenvalue weighted by molar-refractivity contribution is 6.15. The normalized spacial score (nSPS) is 37.4. The van der Waals surface area contributed by atoms with Gasteiger partial charge >= 0.3 is 11.9 Å². The molecule has 0 saturated carbocycles. The number of rotatable bonds is 2. The number of carbonyl (C=O) groups excluding carboxylic acids is 3. The number of ketones is 1. The molecule has 0 aromatic rings. The van der Waals surface area contributed by atoms with Gasteiger partial charge in [-0.1, -0.05) is 12.2 Å². The molecule has 4 rings (SSSR count). The van der Waals surface area contributed by atoms with Crippen molar-refractivity contribution in [3.05, 3.63) is 23.3 Å². The predicted octanol–water partition coefficient (Wildman–Crippen LogP) is 0.173. The first-order chi connectivity index (χ1) is 9.42. The standard InChI is InChI=1S/C14H14O6/c1-13-5-4-7(14(6-20-14)12(13)17)8(10(15)18-2)9(13)11(16)19-3/h4-5,7H,6H2,1-3H3/t7-,13+,14+/m1/s1. The number of Topliss-reactive ketones (excluding diaryl/α,β-unsaturated/α-hetero) is 1. The van der Waals surface area contributed by atoms with Gasteiger partial charge in [-0.15, -0.1) is 0 Å². The molecule has 1 fully saturated rings. The molecule has 1 aliphatic heterocycles. The van der Waals surface area contributed by atoms with Crippen molar-refractivity contribution in [1.29, 1.82) is 0 Å². The van der Waals surface area contributed by atoms with E-state index < -0.39 is 28.9 Å². The lowest BCUT2D eigenvalue weighted by atomic mass is 9.57. The molecule has 4 aliphatic rings. The Morgan fingerprint density at radius 3 is 2.40 bits per heavy atom. The predicted molar refractivity (Wildman–Crippen MR) is 65.5 cm³/mol. The van der Waals surface area contributed by atoms with Crippen molar-refractivity contribution < 1.29 is 28.6 Å². The molecule has 2 bridgehead atoms. The maximum Gasteiger partial charge on any atom is 0.335 e. The summed E-state index contributed by atoms with van der Waals surface area (Å²) in [4.78, 5) is 36.7. The molecule has 1 saturated heterocycles. The highest BCUT2D eigenvalue weighted by Crippen LogP contribution is 2.57. The lowest BCUT2D eigenvalue weighted by Crippen LogP contribution is -2.55. The van der Waals surface area contributed by atoms with Crippen LogP contribution in [0.2, 0.25) is 0 Å². The lowest BCUT2D eigenvalue weighted by molar-refractivity contribution is -0.145. The van der Waals surface area contributed by atoms with E-state index in [4.69, 9.17) is 14.2 Å². The van der Waals surface area contributed by atoms with E-state index in [1.165, 1.54) is 14.2 Å². The molecule has 0 unspecified atom stereocenters. The fourth-order valence-corrected chi connectivity index (χ4v) is 3.21. The minimum absolute atomic E-state index is 0.0606. The molecule has 0 amide bonds. The first-order valence-corrected chi connectivity index (χ1v) is 6.22. The largest absolute Gasteiger partial charge is 0.466 e. The number of esters is 2. The van der Waals surface area contributed by atoms with Crippen LogP contribution in [0.1, 0.15) is 6.92 Å². The molecule has 20 heavy (non-hydrogen) atoms. The summed E-state index contributed by atoms with van der Waals surface area (Å²) in [6.45, 7) is 1.85. The molecule has 6 nitrogen and oxygen atoms in total. The van der Waals surface area contributed by atoms with Gasteiger partial charge in [-0.05, 0) is 6.92 Å². The molecule has 1 spiro atoms. The molecule has 3 atom stereocenters. The average Bonchev–Trinajstić information content (AvgIpc) is 3.23. The van der Waals surface area contributed by atoms with Gasteiger partial charge in [0.15, 0.2) is 11.4 Å². The molecule has 0 aromatic carbocycles. The van der Waals surface area contributed by atoms with Crippen LogP contribution >= 0.6 is 0 Å². The molecular formula is C14H14O6. The van der Waals surface area contributed by atoms with Crippen molar-refractivity contribution in [2.75, 3.05) is 20.8 Å². The molecule has 3 aliphatic carbocycles. The van der Waals surface area contributed by atoms with Gasteiger partial charge in [0.2, 0.25) is 0 Å². The molecule has 0 aromatic heterocycles. The Morgan fingerprint density at radius 1 is 1.30 bits per heavy atom. The van der Waals surface area contributed by atoms with Gasteiger partial charge in [0.25, 0.3) is 0 Å². The Hall–Kier alpha value is -1.95. The topological polar surface area (TPSA) is 82.2 Å². The summed E-state index contributed by atoms with van der Waals surface area (Å²) in [5.74, 6) is -2.11. The van der Waals surface area contributed by atoms with E-state index >= 15 is 0 Å². The minimum atomic E-state index is -1.21. The van der Waals surface area contributed by atoms with Gasteiger partial charge in [0.05, 0.1) is 37.4 Å². The first kappa shape index (κ1) is 13.1. The quantitative estimate of drug-likeness (QED) is 0.407. The minimum Gasteiger partial charge on any atom is -0.466 e. The van der Waals surface area contributed by atoms with Gasteiger partial charge in [-0.25, -0.2) is 9.59 Å². The van der Waals surface area contributed by atoms with Crippen molar-refractivity contribution in [1.82, 2.24) is 0 Å². The van der Waals surface area contributed by atoms with E-state index in [-0.39, 0.29) is 23.5 Å². The second-order valence-electron chi connectivity index (χ2n) is 5.32. The molecule has 1 heterocycles. The van der Waals surface area contributed by atoms with Gasteiger partial charge in [-0.3, -0.25) is 4.79 Å². The highest BCUT2D eigenvalue weighted by atomic mass is 16.6. The fraction of sp³-hybridized carbons (Fsp3) is 0.500. The summed E-state index contributed by atoms with van der Waals surface area (Å²) in [6, 6.07) is 0. The second-order valence-corrected chi connectivity index (χ2v) is 5.32. The van der Waals surface area contributed by atoms with Gasteiger partial charge in [-0.2, -0.15) is 0 Å². The van der Waals surface area contributed by atoms with Crippen LogP contribution in [0.15, 0.2) is 23.3 Å². The SMILES string of the molecule is COC(=O)C1=C(C(=O)OC)[C@]2(C)C=C[C@H]1[C@@]1(CO1)C2=O. The van der Waals surface area contributed by atoms with Crippen molar-refractivity contribution in [3.8, 4) is 0 Å². The number of ether oxygens (including phenoxy) is 3. The van der Waals surface area contributed by atoms with E-state index in [0.717, 1.165) is 0 Å². The average molecular weight is 278 g/mol. The van der Waals surface area contributed by atoms with Crippen LogP contribution in [0.5, 0.6) is 0 Å². The number of hydrogen-bond donors (Lipinski definition) is 0. The maximum atomic E-state index is 12.6. The summed E-state index contributed by atoms with van der Waals surface area (Å²) >= 11 is 0. The van der Waals surface area contributed by atoms with E-state index in [1.807, 2.05) is 0 Å². The Balaban J connectivity index is 2.26. The first-order valence-electron chi connectivity index (χ1n) is 6.22. The van der Waals surface area contributed by atoms with E-state index in [1.54, 1.807) is 19.1 Å². The summed E-state index contributed by atoms with van der Waals surface area (Å²) in [6.07, 6.45) is 3.39. The van der Waals surface area contributed by atoms with E-state index in [0.29, 0.717) is 0 Å². The van der Waals surface area contributed by atoms with Crippen LogP contribution in [0.25, 0.3) is 0 Å². The molecule has 0 N–H and O–H groups in total. The van der Waals surface area contributed by atoms with Gasteiger partial charge < -0.3 is 14.2 Å². The Labute approximate surface area is 115 Å². The van der Waals surface area contributed by atoms with E-state index in [9.17, 15) is 14.4 Å². The van der Waals surface area contributed by atoms with Gasteiger partial charge in [0, 0.05) is 5.92 Å². The number of hydrogen-bond acceptors (Lipinski definition) is 6. The Bertz CT molecular complexity index is 595. The monoisotopic (exact) mass is 278 g/mol. The third-order valence-electron chi connectivity index (χ3n) is 4.33. The number of epoxide rings is 1. The van der Waals surface area contributed by atoms with E-state index in [2.05, 4.69) is 0 Å². The highest BCUT2D eigenvalue weighted by Gasteiger charge is 2.70. The fourth-order valence-electron chi connectivity index (χ4n) is 3.21. The molecule has 0 radical (unpaired) electrons. The van der Waals surface area contributed by atoms with Crippen molar-refractivity contribution >= 4 is 17.7 Å². The molecular weight excluding hydrogens is 264 g/mol.